The SMILES string of the molecule is O=C1C=C(C2=CC(=O)C2)C1. The molecule has 0 amide bonds. The first kappa shape index (κ1) is 5.59. The van der Waals surface area contributed by atoms with E-state index < -0.39 is 0 Å². The molecule has 0 atom stereocenters. The predicted molar refractivity (Wildman–Crippen MR) is 35.4 cm³/mol. The molecule has 0 fully saturated rings. The average Bonchev–Trinajstić information content (AvgIpc) is 1.74. The lowest BCUT2D eigenvalue weighted by atomic mass is 9.82. The van der Waals surface area contributed by atoms with Crippen molar-refractivity contribution < 1.29 is 9.59 Å². The van der Waals surface area contributed by atoms with Crippen molar-refractivity contribution in [3.8, 4) is 0 Å². The normalized spacial score (nSPS) is 22.8. The lowest BCUT2D eigenvalue weighted by molar-refractivity contribution is -0.117. The number of hydrogen-bond donors (Lipinski definition) is 0. The second-order valence-corrected chi connectivity index (χ2v) is 2.63. The van der Waals surface area contributed by atoms with Gasteiger partial charge in [-0.3, -0.25) is 9.59 Å². The molecular formula is C8H6O2. The highest BCUT2D eigenvalue weighted by atomic mass is 16.1. The largest absolute Gasteiger partial charge is 0.294 e. The second kappa shape index (κ2) is 1.66. The number of carbonyl (C=O) groups excluding carboxylic acids is 2. The predicted octanol–water partition coefficient (Wildman–Crippen LogP) is 0.785. The molecular weight excluding hydrogens is 128 g/mol. The highest BCUT2D eigenvalue weighted by Crippen LogP contribution is 2.30. The van der Waals surface area contributed by atoms with Gasteiger partial charge in [-0.05, 0) is 23.3 Å². The molecule has 0 aromatic heterocycles. The van der Waals surface area contributed by atoms with Crippen LogP contribution >= 0.6 is 0 Å². The van der Waals surface area contributed by atoms with E-state index in [1.54, 1.807) is 12.2 Å². The van der Waals surface area contributed by atoms with Gasteiger partial charge >= 0.3 is 0 Å². The molecule has 0 saturated carbocycles. The van der Waals surface area contributed by atoms with Gasteiger partial charge in [-0.1, -0.05) is 0 Å². The maximum absolute atomic E-state index is 10.4. The minimum Gasteiger partial charge on any atom is -0.294 e. The maximum Gasteiger partial charge on any atom is 0.160 e. The third-order valence-corrected chi connectivity index (χ3v) is 1.81. The first-order valence-electron chi connectivity index (χ1n) is 3.23. The summed E-state index contributed by atoms with van der Waals surface area (Å²) in [4.78, 5) is 20.9. The molecule has 2 nitrogen and oxygen atoms in total. The smallest absolute Gasteiger partial charge is 0.160 e. The Bertz CT molecular complexity index is 252. The number of rotatable bonds is 1. The van der Waals surface area contributed by atoms with E-state index in [0.717, 1.165) is 11.1 Å². The molecule has 0 N–H and O–H groups in total. The van der Waals surface area contributed by atoms with Crippen molar-refractivity contribution in [3.05, 3.63) is 23.3 Å². The van der Waals surface area contributed by atoms with Crippen molar-refractivity contribution >= 4 is 11.6 Å². The standard InChI is InChI=1S/C8H6O2/c9-7-1-5(2-7)6-3-8(10)4-6/h1,3H,2,4H2. The summed E-state index contributed by atoms with van der Waals surface area (Å²) in [5.74, 6) is 0.352. The summed E-state index contributed by atoms with van der Waals surface area (Å²) in [5, 5.41) is 0. The number of hydrogen-bond acceptors (Lipinski definition) is 2. The van der Waals surface area contributed by atoms with Crippen LogP contribution in [0.15, 0.2) is 23.3 Å². The Morgan fingerprint density at radius 3 is 1.40 bits per heavy atom. The van der Waals surface area contributed by atoms with Crippen molar-refractivity contribution in [1.29, 1.82) is 0 Å². The summed E-state index contributed by atoms with van der Waals surface area (Å²) in [6.45, 7) is 0. The summed E-state index contributed by atoms with van der Waals surface area (Å²) in [6.07, 6.45) is 4.30. The first-order chi connectivity index (χ1) is 4.75. The topological polar surface area (TPSA) is 34.1 Å². The van der Waals surface area contributed by atoms with Crippen LogP contribution in [0.3, 0.4) is 0 Å². The Morgan fingerprint density at radius 2 is 1.20 bits per heavy atom. The molecule has 0 bridgehead atoms. The first-order valence-corrected chi connectivity index (χ1v) is 3.23. The van der Waals surface area contributed by atoms with Crippen molar-refractivity contribution in [3.63, 3.8) is 0 Å². The summed E-state index contributed by atoms with van der Waals surface area (Å²) in [6, 6.07) is 0. The highest BCUT2D eigenvalue weighted by molar-refractivity contribution is 6.06. The Balaban J connectivity index is 2.18. The molecule has 0 aliphatic heterocycles. The van der Waals surface area contributed by atoms with E-state index in [-0.39, 0.29) is 11.6 Å². The van der Waals surface area contributed by atoms with Crippen LogP contribution in [-0.4, -0.2) is 11.6 Å². The van der Waals surface area contributed by atoms with Crippen LogP contribution in [0.5, 0.6) is 0 Å². The fourth-order valence-electron chi connectivity index (χ4n) is 1.12. The Hall–Kier alpha value is -1.18. The highest BCUT2D eigenvalue weighted by Gasteiger charge is 2.25. The van der Waals surface area contributed by atoms with Crippen LogP contribution < -0.4 is 0 Å². The monoisotopic (exact) mass is 134 g/mol. The molecule has 2 aliphatic rings. The van der Waals surface area contributed by atoms with Crippen LogP contribution in [0.4, 0.5) is 0 Å². The molecule has 0 aromatic rings. The van der Waals surface area contributed by atoms with Gasteiger partial charge in [-0.2, -0.15) is 0 Å². The van der Waals surface area contributed by atoms with Gasteiger partial charge in [0.1, 0.15) is 0 Å². The lowest BCUT2D eigenvalue weighted by Gasteiger charge is -2.20. The van der Waals surface area contributed by atoms with E-state index in [1.165, 1.54) is 0 Å². The molecule has 0 spiro atoms. The van der Waals surface area contributed by atoms with E-state index >= 15 is 0 Å². The molecule has 0 saturated heterocycles. The fourth-order valence-corrected chi connectivity index (χ4v) is 1.12. The van der Waals surface area contributed by atoms with Crippen LogP contribution in [-0.2, 0) is 9.59 Å². The minimum atomic E-state index is 0.176. The van der Waals surface area contributed by atoms with E-state index in [1.807, 2.05) is 0 Å². The van der Waals surface area contributed by atoms with Crippen molar-refractivity contribution in [2.45, 2.75) is 12.8 Å². The van der Waals surface area contributed by atoms with E-state index in [9.17, 15) is 9.59 Å². The summed E-state index contributed by atoms with van der Waals surface area (Å²) in [5.41, 5.74) is 2.12. The third kappa shape index (κ3) is 0.652. The van der Waals surface area contributed by atoms with Crippen molar-refractivity contribution in [2.24, 2.45) is 0 Å². The molecule has 2 aliphatic carbocycles. The van der Waals surface area contributed by atoms with Gasteiger partial charge in [-0.25, -0.2) is 0 Å². The fraction of sp³-hybridized carbons (Fsp3) is 0.250. The molecule has 0 aromatic carbocycles. The average molecular weight is 134 g/mol. The van der Waals surface area contributed by atoms with Gasteiger partial charge in [0.05, 0.1) is 0 Å². The third-order valence-electron chi connectivity index (χ3n) is 1.81. The van der Waals surface area contributed by atoms with E-state index in [2.05, 4.69) is 0 Å². The quantitative estimate of drug-likeness (QED) is 0.531. The van der Waals surface area contributed by atoms with Crippen LogP contribution in [0.2, 0.25) is 0 Å². The van der Waals surface area contributed by atoms with Gasteiger partial charge in [0, 0.05) is 12.8 Å². The summed E-state index contributed by atoms with van der Waals surface area (Å²) in [7, 11) is 0. The van der Waals surface area contributed by atoms with Crippen LogP contribution in [0.1, 0.15) is 12.8 Å². The molecule has 10 heavy (non-hydrogen) atoms. The number of carbonyl (C=O) groups is 2. The Morgan fingerprint density at radius 1 is 0.900 bits per heavy atom. The van der Waals surface area contributed by atoms with Gasteiger partial charge in [0.15, 0.2) is 11.6 Å². The maximum atomic E-state index is 10.4. The van der Waals surface area contributed by atoms with E-state index in [0.29, 0.717) is 12.8 Å². The zero-order chi connectivity index (χ0) is 7.14. The van der Waals surface area contributed by atoms with E-state index in [4.69, 9.17) is 0 Å². The zero-order valence-corrected chi connectivity index (χ0v) is 5.39. The number of allylic oxidation sites excluding steroid dienone is 4. The molecule has 2 rings (SSSR count). The van der Waals surface area contributed by atoms with Crippen LogP contribution in [0, 0.1) is 0 Å². The molecule has 2 heteroatoms. The van der Waals surface area contributed by atoms with Crippen molar-refractivity contribution in [1.82, 2.24) is 0 Å². The molecule has 50 valence electrons. The number of ketones is 2. The minimum absolute atomic E-state index is 0.176. The van der Waals surface area contributed by atoms with Gasteiger partial charge < -0.3 is 0 Å². The van der Waals surface area contributed by atoms with Gasteiger partial charge in [-0.15, -0.1) is 0 Å². The molecule has 0 unspecified atom stereocenters. The summed E-state index contributed by atoms with van der Waals surface area (Å²) >= 11 is 0. The lowest BCUT2D eigenvalue weighted by Crippen LogP contribution is -2.17. The van der Waals surface area contributed by atoms with Gasteiger partial charge in [0.2, 0.25) is 0 Å². The zero-order valence-electron chi connectivity index (χ0n) is 5.39. The Kier molecular flexibility index (Phi) is 0.926. The Labute approximate surface area is 58.2 Å². The van der Waals surface area contributed by atoms with Crippen LogP contribution in [0.25, 0.3) is 0 Å². The molecule has 0 heterocycles. The second-order valence-electron chi connectivity index (χ2n) is 2.63. The van der Waals surface area contributed by atoms with Crippen molar-refractivity contribution in [2.75, 3.05) is 0 Å². The van der Waals surface area contributed by atoms with Gasteiger partial charge in [0.25, 0.3) is 0 Å². The summed E-state index contributed by atoms with van der Waals surface area (Å²) < 4.78 is 0. The molecule has 0 radical (unpaired) electrons.